The third kappa shape index (κ3) is 2.21. The molecule has 2 aliphatic carbocycles. The van der Waals surface area contributed by atoms with E-state index in [0.717, 1.165) is 25.7 Å². The number of hydrogen-bond acceptors (Lipinski definition) is 2. The molecule has 3 nitrogen and oxygen atoms in total. The van der Waals surface area contributed by atoms with Crippen molar-refractivity contribution in [1.82, 2.24) is 5.32 Å². The lowest BCUT2D eigenvalue weighted by molar-refractivity contribution is -0.126. The minimum absolute atomic E-state index is 0.117. The Kier molecular flexibility index (Phi) is 3.19. The number of carbonyl (C=O) groups excluding carboxylic acids is 1. The van der Waals surface area contributed by atoms with E-state index in [9.17, 15) is 4.79 Å². The van der Waals surface area contributed by atoms with E-state index in [2.05, 4.69) is 5.32 Å². The zero-order valence-electron chi connectivity index (χ0n) is 9.79. The fourth-order valence-corrected chi connectivity index (χ4v) is 2.83. The summed E-state index contributed by atoms with van der Waals surface area (Å²) in [6, 6.07) is 0. The first-order chi connectivity index (χ1) is 7.55. The van der Waals surface area contributed by atoms with Gasteiger partial charge in [0.05, 0.1) is 10.5 Å². The molecule has 0 spiro atoms. The van der Waals surface area contributed by atoms with E-state index in [1.165, 1.54) is 12.8 Å². The predicted octanol–water partition coefficient (Wildman–Crippen LogP) is 1.75. The molecule has 0 radical (unpaired) electrons. The zero-order valence-corrected chi connectivity index (χ0v) is 10.6. The Morgan fingerprint density at radius 3 is 2.44 bits per heavy atom. The molecule has 4 heteroatoms. The van der Waals surface area contributed by atoms with E-state index in [0.29, 0.717) is 10.9 Å². The minimum Gasteiger partial charge on any atom is -0.391 e. The highest BCUT2D eigenvalue weighted by Crippen LogP contribution is 2.37. The molecule has 2 rings (SSSR count). The summed E-state index contributed by atoms with van der Waals surface area (Å²) in [7, 11) is 0. The van der Waals surface area contributed by atoms with Crippen molar-refractivity contribution in [1.29, 1.82) is 0 Å². The van der Waals surface area contributed by atoms with Crippen LogP contribution in [0.25, 0.3) is 0 Å². The monoisotopic (exact) mass is 240 g/mol. The first-order valence-corrected chi connectivity index (χ1v) is 6.58. The fraction of sp³-hybridized carbons (Fsp3) is 0.833. The van der Waals surface area contributed by atoms with Crippen molar-refractivity contribution in [3.05, 3.63) is 0 Å². The quantitative estimate of drug-likeness (QED) is 0.736. The predicted molar refractivity (Wildman–Crippen MR) is 68.0 cm³/mol. The summed E-state index contributed by atoms with van der Waals surface area (Å²) >= 11 is 5.12. The van der Waals surface area contributed by atoms with Gasteiger partial charge in [-0.05, 0) is 31.6 Å². The molecule has 0 aliphatic heterocycles. The smallest absolute Gasteiger partial charge is 0.223 e. The third-order valence-electron chi connectivity index (χ3n) is 4.03. The Morgan fingerprint density at radius 1 is 1.44 bits per heavy atom. The number of amides is 1. The highest BCUT2D eigenvalue weighted by atomic mass is 32.1. The van der Waals surface area contributed by atoms with Crippen LogP contribution in [-0.4, -0.2) is 16.4 Å². The summed E-state index contributed by atoms with van der Waals surface area (Å²) in [5.74, 6) is 0.842. The number of nitrogens with one attached hydrogen (secondary N) is 1. The van der Waals surface area contributed by atoms with E-state index in [4.69, 9.17) is 18.0 Å². The molecule has 90 valence electrons. The largest absolute Gasteiger partial charge is 0.391 e. The molecule has 3 N–H and O–H groups in total. The molecule has 0 aromatic carbocycles. The molecule has 0 aromatic heterocycles. The fourth-order valence-electron chi connectivity index (χ4n) is 2.57. The number of nitrogens with two attached hydrogens (primary N) is 1. The van der Waals surface area contributed by atoms with Gasteiger partial charge in [0.25, 0.3) is 0 Å². The Balaban J connectivity index is 2.00. The van der Waals surface area contributed by atoms with Gasteiger partial charge in [-0.2, -0.15) is 0 Å². The molecule has 1 atom stereocenters. The summed E-state index contributed by atoms with van der Waals surface area (Å²) in [4.78, 5) is 12.5. The molecular weight excluding hydrogens is 220 g/mol. The summed E-state index contributed by atoms with van der Waals surface area (Å²) in [6.07, 6.45) is 6.41. The maximum atomic E-state index is 12.1. The summed E-state index contributed by atoms with van der Waals surface area (Å²) < 4.78 is 0. The van der Waals surface area contributed by atoms with Gasteiger partial charge in [-0.3, -0.25) is 4.79 Å². The second kappa shape index (κ2) is 4.32. The van der Waals surface area contributed by atoms with Crippen molar-refractivity contribution >= 4 is 23.1 Å². The summed E-state index contributed by atoms with van der Waals surface area (Å²) in [6.45, 7) is 2.01. The Hall–Kier alpha value is -0.640. The van der Waals surface area contributed by atoms with Crippen molar-refractivity contribution in [3.8, 4) is 0 Å². The van der Waals surface area contributed by atoms with Gasteiger partial charge in [0.1, 0.15) is 0 Å². The molecule has 0 aromatic rings. The van der Waals surface area contributed by atoms with Crippen molar-refractivity contribution in [2.75, 3.05) is 0 Å². The molecule has 16 heavy (non-hydrogen) atoms. The van der Waals surface area contributed by atoms with Gasteiger partial charge < -0.3 is 11.1 Å². The van der Waals surface area contributed by atoms with Gasteiger partial charge in [-0.25, -0.2) is 0 Å². The highest BCUT2D eigenvalue weighted by molar-refractivity contribution is 7.80. The molecule has 1 amide bonds. The first-order valence-electron chi connectivity index (χ1n) is 6.17. The zero-order chi connectivity index (χ0) is 11.8. The van der Waals surface area contributed by atoms with Crippen LogP contribution in [0, 0.1) is 11.8 Å². The van der Waals surface area contributed by atoms with E-state index in [1.54, 1.807) is 0 Å². The first kappa shape index (κ1) is 11.8. The van der Waals surface area contributed by atoms with Crippen LogP contribution in [0.2, 0.25) is 0 Å². The summed E-state index contributed by atoms with van der Waals surface area (Å²) in [5.41, 5.74) is 5.41. The van der Waals surface area contributed by atoms with E-state index >= 15 is 0 Å². The van der Waals surface area contributed by atoms with E-state index < -0.39 is 0 Å². The summed E-state index contributed by atoms with van der Waals surface area (Å²) in [5, 5.41) is 3.11. The van der Waals surface area contributed by atoms with Crippen LogP contribution in [-0.2, 0) is 4.79 Å². The van der Waals surface area contributed by atoms with Gasteiger partial charge in [0, 0.05) is 5.92 Å². The molecule has 1 unspecified atom stereocenters. The minimum atomic E-state index is -0.379. The third-order valence-corrected chi connectivity index (χ3v) is 4.42. The molecule has 2 saturated carbocycles. The van der Waals surface area contributed by atoms with Gasteiger partial charge in [-0.1, -0.05) is 32.0 Å². The standard InChI is InChI=1S/C12H20N2OS/c1-8(9-4-5-9)10(15)14-12(11(13)16)6-2-3-7-12/h8-9H,2-7H2,1H3,(H2,13,16)(H,14,15). The van der Waals surface area contributed by atoms with Crippen molar-refractivity contribution in [2.45, 2.75) is 51.0 Å². The van der Waals surface area contributed by atoms with Crippen molar-refractivity contribution in [3.63, 3.8) is 0 Å². The second-order valence-electron chi connectivity index (χ2n) is 5.27. The number of thiocarbonyl (C=S) groups is 1. The van der Waals surface area contributed by atoms with Gasteiger partial charge in [0.15, 0.2) is 0 Å². The molecule has 0 saturated heterocycles. The topological polar surface area (TPSA) is 55.1 Å². The van der Waals surface area contributed by atoms with Crippen molar-refractivity contribution < 1.29 is 4.79 Å². The lowest BCUT2D eigenvalue weighted by Crippen LogP contribution is -2.56. The van der Waals surface area contributed by atoms with Crippen LogP contribution in [0.1, 0.15) is 45.4 Å². The normalized spacial score (nSPS) is 25.1. The van der Waals surface area contributed by atoms with Gasteiger partial charge in [0.2, 0.25) is 5.91 Å². The molecule has 0 bridgehead atoms. The Labute approximate surface area is 102 Å². The average molecular weight is 240 g/mol. The van der Waals surface area contributed by atoms with Crippen LogP contribution < -0.4 is 11.1 Å². The SMILES string of the molecule is CC(C(=O)NC1(C(N)=S)CCCC1)C1CC1. The second-order valence-corrected chi connectivity index (χ2v) is 5.71. The maximum Gasteiger partial charge on any atom is 0.223 e. The average Bonchev–Trinajstić information content (AvgIpc) is 2.98. The van der Waals surface area contributed by atoms with E-state index in [-0.39, 0.29) is 17.4 Å². The Bertz CT molecular complexity index is 306. The lowest BCUT2D eigenvalue weighted by Gasteiger charge is -2.30. The van der Waals surface area contributed by atoms with Crippen molar-refractivity contribution in [2.24, 2.45) is 17.6 Å². The highest BCUT2D eigenvalue weighted by Gasteiger charge is 2.41. The number of hydrogen-bond donors (Lipinski definition) is 2. The molecule has 2 aliphatic rings. The van der Waals surface area contributed by atoms with Crippen LogP contribution in [0.5, 0.6) is 0 Å². The van der Waals surface area contributed by atoms with Crippen LogP contribution >= 0.6 is 12.2 Å². The maximum absolute atomic E-state index is 12.1. The Morgan fingerprint density at radius 2 is 2.00 bits per heavy atom. The number of carbonyl (C=O) groups is 1. The molecular formula is C12H20N2OS. The van der Waals surface area contributed by atoms with Gasteiger partial charge >= 0.3 is 0 Å². The molecule has 2 fully saturated rings. The number of rotatable bonds is 4. The van der Waals surface area contributed by atoms with Crippen LogP contribution in [0.4, 0.5) is 0 Å². The molecule has 0 heterocycles. The van der Waals surface area contributed by atoms with E-state index in [1.807, 2.05) is 6.92 Å². The van der Waals surface area contributed by atoms with Gasteiger partial charge in [-0.15, -0.1) is 0 Å². The lowest BCUT2D eigenvalue weighted by atomic mass is 9.95. The van der Waals surface area contributed by atoms with Crippen LogP contribution in [0.3, 0.4) is 0 Å². The van der Waals surface area contributed by atoms with Crippen LogP contribution in [0.15, 0.2) is 0 Å².